The first-order valence-corrected chi connectivity index (χ1v) is 11.6. The Bertz CT molecular complexity index is 965. The Kier molecular flexibility index (Phi) is 11.2. The van der Waals surface area contributed by atoms with Crippen LogP contribution in [-0.4, -0.2) is 34.8 Å². The van der Waals surface area contributed by atoms with Gasteiger partial charge < -0.3 is 15.2 Å². The molecule has 0 radical (unpaired) electrons. The van der Waals surface area contributed by atoms with Gasteiger partial charge in [0.2, 0.25) is 5.76 Å². The minimum absolute atomic E-state index is 0.107. The van der Waals surface area contributed by atoms with E-state index in [0.29, 0.717) is 12.0 Å². The molecule has 7 heteroatoms. The lowest BCUT2D eigenvalue weighted by molar-refractivity contribution is -0.142. The summed E-state index contributed by atoms with van der Waals surface area (Å²) >= 11 is 5.40. The molecule has 1 aromatic rings. The highest BCUT2D eigenvalue weighted by molar-refractivity contribution is 7.80. The van der Waals surface area contributed by atoms with Gasteiger partial charge in [-0.1, -0.05) is 64.8 Å². The molecule has 0 saturated heterocycles. The predicted octanol–water partition coefficient (Wildman–Crippen LogP) is 6.00. The van der Waals surface area contributed by atoms with Crippen LogP contribution in [0.3, 0.4) is 0 Å². The molecule has 0 unspecified atom stereocenters. The topological polar surface area (TPSA) is 88.0 Å². The Hall–Kier alpha value is -2.80. The molecule has 0 aliphatic heterocycles. The van der Waals surface area contributed by atoms with Crippen molar-refractivity contribution in [1.29, 1.82) is 0 Å². The Morgan fingerprint density at radius 3 is 2.42 bits per heavy atom. The Labute approximate surface area is 202 Å². The van der Waals surface area contributed by atoms with E-state index in [1.807, 2.05) is 25.1 Å². The van der Waals surface area contributed by atoms with Crippen molar-refractivity contribution in [1.82, 2.24) is 0 Å². The predicted molar refractivity (Wildman–Crippen MR) is 139 cm³/mol. The standard InChI is InChI=1S/C26H36N2O4S/c1-8-10-14-32-24(31)23(30)19(21(29)15-17(3)4)16-27-25(33)28-22-18(9-2)12-11-13-20(22)26(5,6)7/h11-13,15-16,30H,8-10,14H2,1-7H3,(H,28,33)/b23-19+,27-16+. The maximum Gasteiger partial charge on any atom is 0.374 e. The number of benzene rings is 1. The fourth-order valence-electron chi connectivity index (χ4n) is 3.00. The van der Waals surface area contributed by atoms with Crippen molar-refractivity contribution in [2.45, 2.75) is 73.1 Å². The van der Waals surface area contributed by atoms with Crippen molar-refractivity contribution < 1.29 is 19.4 Å². The van der Waals surface area contributed by atoms with Crippen LogP contribution < -0.4 is 5.32 Å². The fourth-order valence-corrected chi connectivity index (χ4v) is 3.15. The molecule has 0 amide bonds. The average Bonchev–Trinajstić information content (AvgIpc) is 2.72. The van der Waals surface area contributed by atoms with Crippen molar-refractivity contribution in [3.05, 3.63) is 52.3 Å². The third kappa shape index (κ3) is 8.92. The van der Waals surface area contributed by atoms with E-state index >= 15 is 0 Å². The van der Waals surface area contributed by atoms with Crippen molar-refractivity contribution in [3.63, 3.8) is 0 Å². The summed E-state index contributed by atoms with van der Waals surface area (Å²) in [5.74, 6) is -2.31. The summed E-state index contributed by atoms with van der Waals surface area (Å²) in [6, 6.07) is 6.07. The number of aliphatic imine (C=N–C) groups is 1. The third-order valence-electron chi connectivity index (χ3n) is 4.75. The molecule has 0 fully saturated rings. The first-order valence-electron chi connectivity index (χ1n) is 11.2. The first-order chi connectivity index (χ1) is 15.4. The number of carbonyl (C=O) groups is 2. The van der Waals surface area contributed by atoms with Gasteiger partial charge in [-0.05, 0) is 61.5 Å². The van der Waals surface area contributed by atoms with Gasteiger partial charge in [0.25, 0.3) is 0 Å². The maximum absolute atomic E-state index is 12.6. The highest BCUT2D eigenvalue weighted by atomic mass is 32.1. The van der Waals surface area contributed by atoms with E-state index in [-0.39, 0.29) is 22.7 Å². The number of ketones is 1. The van der Waals surface area contributed by atoms with Crippen LogP contribution in [0.4, 0.5) is 5.69 Å². The number of ether oxygens (including phenoxy) is 1. The lowest BCUT2D eigenvalue weighted by Gasteiger charge is -2.25. The summed E-state index contributed by atoms with van der Waals surface area (Å²) in [7, 11) is 0. The van der Waals surface area contributed by atoms with E-state index in [4.69, 9.17) is 17.0 Å². The molecule has 6 nitrogen and oxygen atoms in total. The van der Waals surface area contributed by atoms with Gasteiger partial charge in [-0.15, -0.1) is 0 Å². The molecule has 0 spiro atoms. The number of carbonyl (C=O) groups excluding carboxylic acids is 2. The number of rotatable bonds is 9. The normalized spacial score (nSPS) is 12.2. The highest BCUT2D eigenvalue weighted by Gasteiger charge is 2.21. The monoisotopic (exact) mass is 472 g/mol. The number of hydrogen-bond donors (Lipinski definition) is 2. The number of nitrogens with zero attached hydrogens (tertiary/aromatic N) is 1. The molecule has 2 N–H and O–H groups in total. The van der Waals surface area contributed by atoms with Crippen LogP contribution in [0.2, 0.25) is 0 Å². The molecule has 33 heavy (non-hydrogen) atoms. The molecular weight excluding hydrogens is 436 g/mol. The van der Waals surface area contributed by atoms with Crippen molar-refractivity contribution >= 4 is 41.0 Å². The number of aryl methyl sites for hydroxylation is 1. The minimum Gasteiger partial charge on any atom is -0.501 e. The van der Waals surface area contributed by atoms with Gasteiger partial charge in [-0.2, -0.15) is 0 Å². The average molecular weight is 473 g/mol. The van der Waals surface area contributed by atoms with Crippen LogP contribution >= 0.6 is 12.2 Å². The van der Waals surface area contributed by atoms with Gasteiger partial charge in [-0.3, -0.25) is 4.79 Å². The van der Waals surface area contributed by atoms with E-state index in [0.717, 1.165) is 35.9 Å². The second-order valence-corrected chi connectivity index (χ2v) is 9.36. The number of thiocarbonyl (C=S) groups is 1. The van der Waals surface area contributed by atoms with Crippen molar-refractivity contribution in [2.24, 2.45) is 4.99 Å². The zero-order valence-corrected chi connectivity index (χ0v) is 21.6. The van der Waals surface area contributed by atoms with Crippen LogP contribution in [0, 0.1) is 0 Å². The van der Waals surface area contributed by atoms with Gasteiger partial charge in [0, 0.05) is 11.9 Å². The molecule has 0 heterocycles. The number of unbranched alkanes of at least 4 members (excludes halogenated alkanes) is 1. The lowest BCUT2D eigenvalue weighted by Crippen LogP contribution is -2.19. The summed E-state index contributed by atoms with van der Waals surface area (Å²) in [5, 5.41) is 13.7. The number of nitrogens with one attached hydrogen (secondary N) is 1. The third-order valence-corrected chi connectivity index (χ3v) is 4.95. The largest absolute Gasteiger partial charge is 0.501 e. The summed E-state index contributed by atoms with van der Waals surface area (Å²) < 4.78 is 5.04. The van der Waals surface area contributed by atoms with Gasteiger partial charge >= 0.3 is 5.97 Å². The van der Waals surface area contributed by atoms with Gasteiger partial charge in [-0.25, -0.2) is 9.79 Å². The van der Waals surface area contributed by atoms with E-state index in [2.05, 4.69) is 38.0 Å². The SMILES string of the molecule is CCCCOC(=O)/C(O)=C(/C=N/C(=S)Nc1c(CC)cccc1C(C)(C)C)C(=O)C=C(C)C. The van der Waals surface area contributed by atoms with E-state index in [9.17, 15) is 14.7 Å². The van der Waals surface area contributed by atoms with Crippen molar-refractivity contribution in [3.8, 4) is 0 Å². The minimum atomic E-state index is -0.967. The maximum atomic E-state index is 12.6. The number of esters is 1. The quantitative estimate of drug-likeness (QED) is 0.114. The molecule has 1 rings (SSSR count). The van der Waals surface area contributed by atoms with Crippen LogP contribution in [0.15, 0.2) is 46.2 Å². The van der Waals surface area contributed by atoms with E-state index in [1.54, 1.807) is 13.8 Å². The molecule has 0 saturated carbocycles. The molecule has 0 aliphatic rings. The van der Waals surface area contributed by atoms with Crippen LogP contribution in [0.25, 0.3) is 0 Å². The molecule has 0 atom stereocenters. The molecule has 0 bridgehead atoms. The second kappa shape index (κ2) is 13.0. The number of hydrogen-bond acceptors (Lipinski definition) is 5. The second-order valence-electron chi connectivity index (χ2n) is 8.97. The van der Waals surface area contributed by atoms with E-state index < -0.39 is 17.5 Å². The zero-order valence-electron chi connectivity index (χ0n) is 20.7. The van der Waals surface area contributed by atoms with Crippen molar-refractivity contribution in [2.75, 3.05) is 11.9 Å². The van der Waals surface area contributed by atoms with Crippen LogP contribution in [-0.2, 0) is 26.2 Å². The Morgan fingerprint density at radius 1 is 1.21 bits per heavy atom. The zero-order chi connectivity index (χ0) is 25.2. The van der Waals surface area contributed by atoms with E-state index in [1.165, 1.54) is 6.08 Å². The van der Waals surface area contributed by atoms with Crippen LogP contribution in [0.1, 0.15) is 72.4 Å². The first kappa shape index (κ1) is 28.2. The lowest BCUT2D eigenvalue weighted by atomic mass is 9.84. The number of anilines is 1. The molecule has 0 aliphatic carbocycles. The molecular formula is C26H36N2O4S. The highest BCUT2D eigenvalue weighted by Crippen LogP contribution is 2.32. The van der Waals surface area contributed by atoms with Crippen LogP contribution in [0.5, 0.6) is 0 Å². The smallest absolute Gasteiger partial charge is 0.374 e. The number of allylic oxidation sites excluding steroid dienone is 3. The Morgan fingerprint density at radius 2 is 1.88 bits per heavy atom. The van der Waals surface area contributed by atoms with Gasteiger partial charge in [0.05, 0.1) is 12.2 Å². The molecule has 1 aromatic carbocycles. The summed E-state index contributed by atoms with van der Waals surface area (Å²) in [6.07, 6.45) is 4.72. The molecule has 180 valence electrons. The van der Waals surface area contributed by atoms with Gasteiger partial charge in [0.1, 0.15) is 0 Å². The number of para-hydroxylation sites is 1. The van der Waals surface area contributed by atoms with Gasteiger partial charge in [0.15, 0.2) is 10.9 Å². The fraction of sp³-hybridized carbons (Fsp3) is 0.462. The number of aliphatic hydroxyl groups is 1. The number of aliphatic hydroxyl groups excluding tert-OH is 1. The summed E-state index contributed by atoms with van der Waals surface area (Å²) in [6.45, 7) is 14.0. The summed E-state index contributed by atoms with van der Waals surface area (Å²) in [5.41, 5.74) is 3.35. The molecule has 0 aromatic heterocycles. The summed E-state index contributed by atoms with van der Waals surface area (Å²) in [4.78, 5) is 29.0. The Balaban J connectivity index is 3.29.